The van der Waals surface area contributed by atoms with Crippen molar-refractivity contribution in [3.63, 3.8) is 0 Å². The second-order valence-corrected chi connectivity index (χ2v) is 7.00. The van der Waals surface area contributed by atoms with E-state index in [0.29, 0.717) is 12.2 Å². The predicted octanol–water partition coefficient (Wildman–Crippen LogP) is 4.11. The van der Waals surface area contributed by atoms with E-state index in [-0.39, 0.29) is 0 Å². The van der Waals surface area contributed by atoms with E-state index in [1.54, 1.807) is 0 Å². The van der Waals surface area contributed by atoms with Gasteiger partial charge in [0.05, 0.1) is 12.1 Å². The average Bonchev–Trinajstić information content (AvgIpc) is 2.95. The third-order valence-corrected chi connectivity index (χ3v) is 5.55. The molecule has 0 unspecified atom stereocenters. The first-order chi connectivity index (χ1) is 13.1. The van der Waals surface area contributed by atoms with E-state index in [2.05, 4.69) is 65.5 Å². The van der Waals surface area contributed by atoms with Crippen molar-refractivity contribution in [3.8, 4) is 17.9 Å². The van der Waals surface area contributed by atoms with Crippen molar-refractivity contribution >= 4 is 16.7 Å². The Hall–Kier alpha value is -3.24. The minimum absolute atomic E-state index is 0.471. The number of nitriles is 1. The standard InChI is InChI=1S/C23H22N4/c1-4-5-11-27-17(3)16(2)21-13-20(14-24)25-23(22(21)27)26-12-10-18-8-6-7-9-19(18)15-26/h6-9,13H,10-12,15H2,1-3H3. The van der Waals surface area contributed by atoms with Crippen LogP contribution in [-0.4, -0.2) is 16.1 Å². The van der Waals surface area contributed by atoms with Gasteiger partial charge in [-0.05, 0) is 49.9 Å². The van der Waals surface area contributed by atoms with Crippen molar-refractivity contribution in [2.24, 2.45) is 0 Å². The maximum atomic E-state index is 9.53. The highest BCUT2D eigenvalue weighted by Gasteiger charge is 2.23. The van der Waals surface area contributed by atoms with Crippen LogP contribution < -0.4 is 4.90 Å². The first-order valence-corrected chi connectivity index (χ1v) is 9.26. The van der Waals surface area contributed by atoms with Gasteiger partial charge >= 0.3 is 0 Å². The average molecular weight is 354 g/mol. The molecule has 2 aromatic heterocycles. The van der Waals surface area contributed by atoms with Gasteiger partial charge in [0.1, 0.15) is 11.8 Å². The van der Waals surface area contributed by atoms with Gasteiger partial charge in [-0.15, -0.1) is 5.92 Å². The van der Waals surface area contributed by atoms with E-state index in [1.807, 2.05) is 13.0 Å². The van der Waals surface area contributed by atoms with Crippen LogP contribution in [0, 0.1) is 37.0 Å². The molecule has 0 aliphatic carbocycles. The molecule has 0 spiro atoms. The number of hydrogen-bond acceptors (Lipinski definition) is 3. The van der Waals surface area contributed by atoms with Gasteiger partial charge in [0.25, 0.3) is 0 Å². The van der Waals surface area contributed by atoms with E-state index >= 15 is 0 Å². The second-order valence-electron chi connectivity index (χ2n) is 7.00. The van der Waals surface area contributed by atoms with Crippen molar-refractivity contribution in [3.05, 3.63) is 58.4 Å². The summed E-state index contributed by atoms with van der Waals surface area (Å²) < 4.78 is 2.24. The Bertz CT molecular complexity index is 1140. The zero-order valence-electron chi connectivity index (χ0n) is 16.0. The van der Waals surface area contributed by atoms with Gasteiger partial charge in [0.2, 0.25) is 0 Å². The lowest BCUT2D eigenvalue weighted by Gasteiger charge is -2.30. The van der Waals surface area contributed by atoms with Gasteiger partial charge in [-0.25, -0.2) is 4.98 Å². The van der Waals surface area contributed by atoms with Gasteiger partial charge in [0.15, 0.2) is 5.82 Å². The normalized spacial score (nSPS) is 13.0. The summed E-state index contributed by atoms with van der Waals surface area (Å²) in [7, 11) is 0. The molecule has 3 aromatic rings. The number of aromatic nitrogens is 2. The van der Waals surface area contributed by atoms with Crippen LogP contribution in [0.25, 0.3) is 10.9 Å². The molecule has 0 fully saturated rings. The quantitative estimate of drug-likeness (QED) is 0.651. The first-order valence-electron chi connectivity index (χ1n) is 9.26. The van der Waals surface area contributed by atoms with Crippen molar-refractivity contribution < 1.29 is 0 Å². The summed E-state index contributed by atoms with van der Waals surface area (Å²) in [6.45, 7) is 8.45. The van der Waals surface area contributed by atoms with Crippen molar-refractivity contribution in [2.45, 2.75) is 40.3 Å². The van der Waals surface area contributed by atoms with Gasteiger partial charge < -0.3 is 9.47 Å². The van der Waals surface area contributed by atoms with Crippen LogP contribution in [0.4, 0.5) is 5.82 Å². The van der Waals surface area contributed by atoms with E-state index in [1.165, 1.54) is 22.4 Å². The molecule has 0 saturated heterocycles. The molecule has 1 aliphatic rings. The number of fused-ring (bicyclic) bond motifs is 2. The number of nitrogens with zero attached hydrogens (tertiary/aromatic N) is 4. The SMILES string of the molecule is CC#CCn1c(C)c(C)c2cc(C#N)nc(N3CCc4ccccc4C3)c21. The molecule has 134 valence electrons. The monoisotopic (exact) mass is 354 g/mol. The number of hydrogen-bond donors (Lipinski definition) is 0. The molecule has 0 bridgehead atoms. The summed E-state index contributed by atoms with van der Waals surface area (Å²) in [6.07, 6.45) is 0.990. The molecule has 1 aromatic carbocycles. The highest BCUT2D eigenvalue weighted by molar-refractivity contribution is 5.94. The molecule has 1 aliphatic heterocycles. The molecule has 0 radical (unpaired) electrons. The molecule has 4 rings (SSSR count). The van der Waals surface area contributed by atoms with Crippen LogP contribution in [-0.2, 0) is 19.5 Å². The van der Waals surface area contributed by atoms with Gasteiger partial charge in [-0.2, -0.15) is 5.26 Å². The summed E-state index contributed by atoms with van der Waals surface area (Å²) in [5, 5.41) is 10.6. The summed E-state index contributed by atoms with van der Waals surface area (Å²) in [4.78, 5) is 7.04. The zero-order chi connectivity index (χ0) is 19.0. The molecule has 0 atom stereocenters. The molecule has 0 N–H and O–H groups in total. The van der Waals surface area contributed by atoms with Crippen LogP contribution in [0.1, 0.15) is 35.0 Å². The Balaban J connectivity index is 1.92. The van der Waals surface area contributed by atoms with E-state index in [4.69, 9.17) is 4.98 Å². The number of anilines is 1. The Morgan fingerprint density at radius 2 is 1.96 bits per heavy atom. The lowest BCUT2D eigenvalue weighted by Crippen LogP contribution is -2.31. The minimum atomic E-state index is 0.471. The smallest absolute Gasteiger partial charge is 0.155 e. The largest absolute Gasteiger partial charge is 0.350 e. The zero-order valence-corrected chi connectivity index (χ0v) is 16.0. The highest BCUT2D eigenvalue weighted by atomic mass is 15.2. The molecule has 0 saturated carbocycles. The molecular weight excluding hydrogens is 332 g/mol. The van der Waals surface area contributed by atoms with Crippen molar-refractivity contribution in [1.29, 1.82) is 5.26 Å². The molecule has 3 heterocycles. The van der Waals surface area contributed by atoms with Gasteiger partial charge in [0, 0.05) is 24.2 Å². The number of aryl methyl sites for hydroxylation is 1. The molecule has 0 amide bonds. The summed E-state index contributed by atoms with van der Waals surface area (Å²) in [5.74, 6) is 7.08. The molecule has 4 nitrogen and oxygen atoms in total. The molecule has 27 heavy (non-hydrogen) atoms. The first kappa shape index (κ1) is 17.2. The lowest BCUT2D eigenvalue weighted by atomic mass is 10.00. The van der Waals surface area contributed by atoms with Crippen LogP contribution in [0.15, 0.2) is 30.3 Å². The van der Waals surface area contributed by atoms with Crippen molar-refractivity contribution in [1.82, 2.24) is 9.55 Å². The van der Waals surface area contributed by atoms with Crippen LogP contribution in [0.5, 0.6) is 0 Å². The van der Waals surface area contributed by atoms with E-state index in [9.17, 15) is 5.26 Å². The minimum Gasteiger partial charge on any atom is -0.350 e. The fourth-order valence-corrected chi connectivity index (χ4v) is 3.95. The second kappa shape index (κ2) is 6.82. The van der Waals surface area contributed by atoms with E-state index < -0.39 is 0 Å². The van der Waals surface area contributed by atoms with Gasteiger partial charge in [-0.3, -0.25) is 0 Å². The highest BCUT2D eigenvalue weighted by Crippen LogP contribution is 2.34. The number of benzene rings is 1. The van der Waals surface area contributed by atoms with E-state index in [0.717, 1.165) is 36.2 Å². The third-order valence-electron chi connectivity index (χ3n) is 5.55. The summed E-state index contributed by atoms with van der Waals surface area (Å²) in [6, 6.07) is 12.7. The Kier molecular flexibility index (Phi) is 4.34. The third kappa shape index (κ3) is 2.84. The lowest BCUT2D eigenvalue weighted by molar-refractivity contribution is 0.718. The van der Waals surface area contributed by atoms with Gasteiger partial charge in [-0.1, -0.05) is 30.2 Å². The fourth-order valence-electron chi connectivity index (χ4n) is 3.95. The maximum absolute atomic E-state index is 9.53. The van der Waals surface area contributed by atoms with Crippen LogP contribution in [0.2, 0.25) is 0 Å². The van der Waals surface area contributed by atoms with Crippen LogP contribution in [0.3, 0.4) is 0 Å². The predicted molar refractivity (Wildman–Crippen MR) is 109 cm³/mol. The maximum Gasteiger partial charge on any atom is 0.155 e. The fraction of sp³-hybridized carbons (Fsp3) is 0.304. The number of rotatable bonds is 2. The topological polar surface area (TPSA) is 44.9 Å². The van der Waals surface area contributed by atoms with Crippen molar-refractivity contribution in [2.75, 3.05) is 11.4 Å². The Morgan fingerprint density at radius 1 is 1.19 bits per heavy atom. The molecule has 4 heteroatoms. The molecular formula is C23H22N4. The Morgan fingerprint density at radius 3 is 2.70 bits per heavy atom. The summed E-state index contributed by atoms with van der Waals surface area (Å²) in [5.41, 5.74) is 6.68. The number of pyridine rings is 1. The Labute approximate surface area is 160 Å². The van der Waals surface area contributed by atoms with Crippen LogP contribution >= 0.6 is 0 Å². The summed E-state index contributed by atoms with van der Waals surface area (Å²) >= 11 is 0.